The van der Waals surface area contributed by atoms with Gasteiger partial charge in [0.1, 0.15) is 0 Å². The molecule has 1 amide bonds. The number of carbonyl (C=O) groups is 1. The summed E-state index contributed by atoms with van der Waals surface area (Å²) in [6.07, 6.45) is 4.69. The topological polar surface area (TPSA) is 72.2 Å². The van der Waals surface area contributed by atoms with Crippen LogP contribution in [-0.2, 0) is 4.79 Å². The van der Waals surface area contributed by atoms with E-state index in [0.717, 1.165) is 4.90 Å². The predicted molar refractivity (Wildman–Crippen MR) is 89.0 cm³/mol. The molecule has 0 aliphatic heterocycles. The lowest BCUT2D eigenvalue weighted by atomic mass is 10.1. The van der Waals surface area contributed by atoms with E-state index in [-0.39, 0.29) is 11.6 Å². The maximum absolute atomic E-state index is 11.8. The van der Waals surface area contributed by atoms with Crippen molar-refractivity contribution in [2.24, 2.45) is 0 Å². The summed E-state index contributed by atoms with van der Waals surface area (Å²) >= 11 is 1.62. The number of nitro benzene ring substituents is 1. The van der Waals surface area contributed by atoms with E-state index in [4.69, 9.17) is 0 Å². The standard InChI is InChI=1S/C16H14N2O3S/c1-22-14-9-7-13(8-10-14)17-16(19)11-6-12-4-2-3-5-15(12)18(20)21/h2-11H,1H3,(H,17,19)/b11-6+. The largest absolute Gasteiger partial charge is 0.323 e. The number of benzene rings is 2. The number of para-hydroxylation sites is 1. The van der Waals surface area contributed by atoms with Gasteiger partial charge in [-0.15, -0.1) is 11.8 Å². The molecule has 0 saturated carbocycles. The number of nitro groups is 1. The molecule has 0 aliphatic rings. The molecule has 0 unspecified atom stereocenters. The van der Waals surface area contributed by atoms with Crippen molar-refractivity contribution in [2.75, 3.05) is 11.6 Å². The molecule has 0 bridgehead atoms. The third-order valence-corrected chi connectivity index (χ3v) is 3.65. The van der Waals surface area contributed by atoms with Crippen LogP contribution >= 0.6 is 11.8 Å². The maximum Gasteiger partial charge on any atom is 0.276 e. The van der Waals surface area contributed by atoms with Gasteiger partial charge in [-0.3, -0.25) is 14.9 Å². The smallest absolute Gasteiger partial charge is 0.276 e. The highest BCUT2D eigenvalue weighted by Crippen LogP contribution is 2.19. The number of nitrogens with one attached hydrogen (secondary N) is 1. The van der Waals surface area contributed by atoms with E-state index in [1.165, 1.54) is 18.2 Å². The molecule has 1 N–H and O–H groups in total. The van der Waals surface area contributed by atoms with E-state index < -0.39 is 4.92 Å². The van der Waals surface area contributed by atoms with Gasteiger partial charge in [0.2, 0.25) is 5.91 Å². The van der Waals surface area contributed by atoms with Crippen molar-refractivity contribution in [3.8, 4) is 0 Å². The summed E-state index contributed by atoms with van der Waals surface area (Å²) in [5.41, 5.74) is 1.03. The van der Waals surface area contributed by atoms with Crippen LogP contribution in [0.25, 0.3) is 6.08 Å². The summed E-state index contributed by atoms with van der Waals surface area (Å²) in [5, 5.41) is 13.6. The van der Waals surface area contributed by atoms with Gasteiger partial charge in [-0.05, 0) is 42.7 Å². The molecular formula is C16H14N2O3S. The Bertz CT molecular complexity index is 712. The van der Waals surface area contributed by atoms with Gasteiger partial charge in [-0.1, -0.05) is 12.1 Å². The van der Waals surface area contributed by atoms with Crippen LogP contribution in [0.2, 0.25) is 0 Å². The van der Waals surface area contributed by atoms with Gasteiger partial charge in [0.05, 0.1) is 10.5 Å². The number of carbonyl (C=O) groups excluding carboxylic acids is 1. The summed E-state index contributed by atoms with van der Waals surface area (Å²) in [7, 11) is 0. The molecule has 0 aliphatic carbocycles. The monoisotopic (exact) mass is 314 g/mol. The number of anilines is 1. The highest BCUT2D eigenvalue weighted by atomic mass is 32.2. The Morgan fingerprint density at radius 1 is 1.18 bits per heavy atom. The van der Waals surface area contributed by atoms with Crippen molar-refractivity contribution in [1.82, 2.24) is 0 Å². The first-order valence-electron chi connectivity index (χ1n) is 6.46. The summed E-state index contributed by atoms with van der Waals surface area (Å²) in [5.74, 6) is -0.338. The fraction of sp³-hybridized carbons (Fsp3) is 0.0625. The summed E-state index contributed by atoms with van der Waals surface area (Å²) in [6.45, 7) is 0. The van der Waals surface area contributed by atoms with Gasteiger partial charge >= 0.3 is 0 Å². The number of amides is 1. The Hall–Kier alpha value is -2.60. The van der Waals surface area contributed by atoms with Crippen molar-refractivity contribution in [3.63, 3.8) is 0 Å². The van der Waals surface area contributed by atoms with E-state index in [2.05, 4.69) is 5.32 Å². The van der Waals surface area contributed by atoms with E-state index in [0.29, 0.717) is 11.3 Å². The van der Waals surface area contributed by atoms with Crippen molar-refractivity contribution < 1.29 is 9.72 Å². The Morgan fingerprint density at radius 2 is 1.86 bits per heavy atom. The first-order chi connectivity index (χ1) is 10.6. The Labute approximate surface area is 132 Å². The first-order valence-corrected chi connectivity index (χ1v) is 7.69. The molecular weight excluding hydrogens is 300 g/mol. The van der Waals surface area contributed by atoms with E-state index in [1.54, 1.807) is 30.0 Å². The average Bonchev–Trinajstić information content (AvgIpc) is 2.54. The lowest BCUT2D eigenvalue weighted by Crippen LogP contribution is -2.07. The van der Waals surface area contributed by atoms with Crippen LogP contribution < -0.4 is 5.32 Å². The molecule has 0 fully saturated rings. The fourth-order valence-corrected chi connectivity index (χ4v) is 2.23. The molecule has 5 nitrogen and oxygen atoms in total. The minimum absolute atomic E-state index is 0.0316. The third-order valence-electron chi connectivity index (χ3n) is 2.91. The van der Waals surface area contributed by atoms with E-state index in [9.17, 15) is 14.9 Å². The first kappa shape index (κ1) is 15.8. The molecule has 2 aromatic carbocycles. The summed E-state index contributed by atoms with van der Waals surface area (Å²) < 4.78 is 0. The number of nitrogens with zero attached hydrogens (tertiary/aromatic N) is 1. The Kier molecular flexibility index (Phi) is 5.32. The van der Waals surface area contributed by atoms with Crippen molar-refractivity contribution in [3.05, 3.63) is 70.3 Å². The van der Waals surface area contributed by atoms with Gasteiger partial charge in [-0.2, -0.15) is 0 Å². The average molecular weight is 314 g/mol. The number of hydrogen-bond acceptors (Lipinski definition) is 4. The van der Waals surface area contributed by atoms with Gasteiger partial charge in [0.25, 0.3) is 5.69 Å². The maximum atomic E-state index is 11.8. The normalized spacial score (nSPS) is 10.6. The molecule has 2 aromatic rings. The SMILES string of the molecule is CSc1ccc(NC(=O)/C=C/c2ccccc2[N+](=O)[O-])cc1. The second kappa shape index (κ2) is 7.42. The lowest BCUT2D eigenvalue weighted by molar-refractivity contribution is -0.385. The molecule has 0 saturated heterocycles. The summed E-state index contributed by atoms with van der Waals surface area (Å²) in [6, 6.07) is 13.7. The third kappa shape index (κ3) is 4.20. The molecule has 2 rings (SSSR count). The zero-order valence-electron chi connectivity index (χ0n) is 11.9. The number of hydrogen-bond donors (Lipinski definition) is 1. The molecule has 22 heavy (non-hydrogen) atoms. The molecule has 112 valence electrons. The van der Waals surface area contributed by atoms with Gasteiger partial charge < -0.3 is 5.32 Å². The van der Waals surface area contributed by atoms with Crippen LogP contribution in [-0.4, -0.2) is 17.1 Å². The van der Waals surface area contributed by atoms with Crippen LogP contribution in [0.4, 0.5) is 11.4 Å². The quantitative estimate of drug-likeness (QED) is 0.392. The van der Waals surface area contributed by atoms with Crippen LogP contribution in [0.1, 0.15) is 5.56 Å². The van der Waals surface area contributed by atoms with Gasteiger partial charge in [0, 0.05) is 22.7 Å². The second-order valence-corrected chi connectivity index (χ2v) is 5.25. The molecule has 0 heterocycles. The second-order valence-electron chi connectivity index (χ2n) is 4.37. The molecule has 6 heteroatoms. The minimum Gasteiger partial charge on any atom is -0.323 e. The van der Waals surface area contributed by atoms with Crippen LogP contribution in [0.5, 0.6) is 0 Å². The zero-order valence-corrected chi connectivity index (χ0v) is 12.7. The molecule has 0 atom stereocenters. The zero-order chi connectivity index (χ0) is 15.9. The van der Waals surface area contributed by atoms with Gasteiger partial charge in [-0.25, -0.2) is 0 Å². The molecule has 0 radical (unpaired) electrons. The van der Waals surface area contributed by atoms with Gasteiger partial charge in [0.15, 0.2) is 0 Å². The highest BCUT2D eigenvalue weighted by Gasteiger charge is 2.09. The van der Waals surface area contributed by atoms with Crippen molar-refractivity contribution in [2.45, 2.75) is 4.90 Å². The van der Waals surface area contributed by atoms with Crippen molar-refractivity contribution >= 4 is 35.1 Å². The molecule has 0 aromatic heterocycles. The van der Waals surface area contributed by atoms with E-state index >= 15 is 0 Å². The van der Waals surface area contributed by atoms with Crippen LogP contribution in [0.3, 0.4) is 0 Å². The number of rotatable bonds is 5. The van der Waals surface area contributed by atoms with Crippen LogP contribution in [0, 0.1) is 10.1 Å². The highest BCUT2D eigenvalue weighted by molar-refractivity contribution is 7.98. The molecule has 0 spiro atoms. The minimum atomic E-state index is -0.473. The Balaban J connectivity index is 2.06. The van der Waals surface area contributed by atoms with Crippen LogP contribution in [0.15, 0.2) is 59.5 Å². The van der Waals surface area contributed by atoms with Crippen molar-refractivity contribution in [1.29, 1.82) is 0 Å². The number of thioether (sulfide) groups is 1. The fourth-order valence-electron chi connectivity index (χ4n) is 1.82. The summed E-state index contributed by atoms with van der Waals surface area (Å²) in [4.78, 5) is 23.4. The lowest BCUT2D eigenvalue weighted by Gasteiger charge is -2.03. The predicted octanol–water partition coefficient (Wildman–Crippen LogP) is 3.97. The van der Waals surface area contributed by atoms with E-state index in [1.807, 2.05) is 30.5 Å². The Morgan fingerprint density at radius 3 is 2.50 bits per heavy atom.